The van der Waals surface area contributed by atoms with Gasteiger partial charge in [0.25, 0.3) is 5.91 Å². The summed E-state index contributed by atoms with van der Waals surface area (Å²) in [5.41, 5.74) is 2.49. The Morgan fingerprint density at radius 3 is 2.80 bits per heavy atom. The molecule has 2 N–H and O–H groups in total. The zero-order valence-electron chi connectivity index (χ0n) is 13.6. The molecule has 0 aliphatic carbocycles. The average molecular weight is 406 g/mol. The average Bonchev–Trinajstić information content (AvgIpc) is 3.01. The number of anilines is 1. The number of hydrogen-bond donors (Lipinski definition) is 2. The van der Waals surface area contributed by atoms with Crippen LogP contribution < -0.4 is 15.5 Å². The number of rotatable bonds is 4. The number of urea groups is 1. The van der Waals surface area contributed by atoms with Gasteiger partial charge in [-0.15, -0.1) is 0 Å². The summed E-state index contributed by atoms with van der Waals surface area (Å²) < 4.78 is 14.5. The number of amides is 3. The van der Waals surface area contributed by atoms with Crippen LogP contribution in [0.15, 0.2) is 40.9 Å². The fourth-order valence-electron chi connectivity index (χ4n) is 2.76. The lowest BCUT2D eigenvalue weighted by atomic mass is 10.1. The number of nitrogens with one attached hydrogen (secondary N) is 2. The molecule has 5 nitrogen and oxygen atoms in total. The molecule has 3 amide bonds. The van der Waals surface area contributed by atoms with Gasteiger partial charge in [-0.05, 0) is 48.9 Å². The van der Waals surface area contributed by atoms with Crippen LogP contribution in [-0.4, -0.2) is 25.0 Å². The largest absolute Gasteiger partial charge is 0.348 e. The van der Waals surface area contributed by atoms with Gasteiger partial charge in [-0.3, -0.25) is 9.69 Å². The Kier molecular flexibility index (Phi) is 5.03. The van der Waals surface area contributed by atoms with E-state index in [0.29, 0.717) is 24.2 Å². The van der Waals surface area contributed by atoms with E-state index in [1.807, 2.05) is 6.92 Å². The molecule has 1 fully saturated rings. The molecular formula is C18H17BrFN3O2. The first-order valence-corrected chi connectivity index (χ1v) is 8.63. The van der Waals surface area contributed by atoms with Crippen LogP contribution in [0.3, 0.4) is 0 Å². The van der Waals surface area contributed by atoms with E-state index < -0.39 is 0 Å². The maximum Gasteiger partial charge on any atom is 0.322 e. The van der Waals surface area contributed by atoms with Crippen molar-refractivity contribution in [3.05, 3.63) is 63.4 Å². The van der Waals surface area contributed by atoms with E-state index in [0.717, 1.165) is 15.7 Å². The Bertz CT molecular complexity index is 841. The molecule has 3 rings (SSSR count). The second-order valence-electron chi connectivity index (χ2n) is 5.80. The number of carbonyl (C=O) groups excluding carboxylic acids is 2. The zero-order valence-corrected chi connectivity index (χ0v) is 15.2. The number of carbonyl (C=O) groups is 2. The third-order valence-electron chi connectivity index (χ3n) is 4.05. The normalized spacial score (nSPS) is 13.7. The van der Waals surface area contributed by atoms with E-state index in [1.54, 1.807) is 35.2 Å². The first-order chi connectivity index (χ1) is 12.0. The first-order valence-electron chi connectivity index (χ1n) is 7.84. The van der Waals surface area contributed by atoms with Crippen molar-refractivity contribution in [3.8, 4) is 0 Å². The van der Waals surface area contributed by atoms with E-state index >= 15 is 0 Å². The summed E-state index contributed by atoms with van der Waals surface area (Å²) in [7, 11) is 0. The van der Waals surface area contributed by atoms with Crippen LogP contribution in [-0.2, 0) is 6.54 Å². The fourth-order valence-corrected chi connectivity index (χ4v) is 3.17. The highest BCUT2D eigenvalue weighted by molar-refractivity contribution is 9.10. The maximum absolute atomic E-state index is 13.7. The summed E-state index contributed by atoms with van der Waals surface area (Å²) in [5, 5.41) is 5.46. The molecule has 1 saturated heterocycles. The molecule has 2 aromatic rings. The number of aryl methyl sites for hydroxylation is 1. The number of benzene rings is 2. The van der Waals surface area contributed by atoms with Crippen LogP contribution in [0.5, 0.6) is 0 Å². The molecule has 130 valence electrons. The van der Waals surface area contributed by atoms with Crippen molar-refractivity contribution in [2.24, 2.45) is 0 Å². The quantitative estimate of drug-likeness (QED) is 0.818. The predicted molar refractivity (Wildman–Crippen MR) is 97.2 cm³/mol. The van der Waals surface area contributed by atoms with Crippen LogP contribution in [0.1, 0.15) is 21.5 Å². The van der Waals surface area contributed by atoms with Crippen LogP contribution in [0.2, 0.25) is 0 Å². The van der Waals surface area contributed by atoms with Crippen molar-refractivity contribution in [3.63, 3.8) is 0 Å². The smallest absolute Gasteiger partial charge is 0.322 e. The van der Waals surface area contributed by atoms with Gasteiger partial charge in [-0.1, -0.05) is 15.9 Å². The van der Waals surface area contributed by atoms with Crippen molar-refractivity contribution in [2.75, 3.05) is 18.0 Å². The van der Waals surface area contributed by atoms with Crippen LogP contribution >= 0.6 is 15.9 Å². The molecule has 7 heteroatoms. The van der Waals surface area contributed by atoms with Gasteiger partial charge in [0.05, 0.1) is 0 Å². The third-order valence-corrected chi connectivity index (χ3v) is 4.55. The Labute approximate surface area is 153 Å². The lowest BCUT2D eigenvalue weighted by Gasteiger charge is -2.17. The predicted octanol–water partition coefficient (Wildman–Crippen LogP) is 3.36. The van der Waals surface area contributed by atoms with Gasteiger partial charge in [-0.2, -0.15) is 0 Å². The zero-order chi connectivity index (χ0) is 18.0. The monoisotopic (exact) mass is 405 g/mol. The highest BCUT2D eigenvalue weighted by Crippen LogP contribution is 2.23. The minimum atomic E-state index is -0.366. The van der Waals surface area contributed by atoms with E-state index in [2.05, 4.69) is 26.6 Å². The van der Waals surface area contributed by atoms with Crippen molar-refractivity contribution >= 4 is 33.6 Å². The summed E-state index contributed by atoms with van der Waals surface area (Å²) in [6, 6.07) is 9.62. The lowest BCUT2D eigenvalue weighted by Crippen LogP contribution is -2.28. The molecule has 1 aliphatic heterocycles. The van der Waals surface area contributed by atoms with Crippen LogP contribution in [0, 0.1) is 12.7 Å². The van der Waals surface area contributed by atoms with Crippen molar-refractivity contribution < 1.29 is 14.0 Å². The van der Waals surface area contributed by atoms with Crippen LogP contribution in [0.4, 0.5) is 14.9 Å². The summed E-state index contributed by atoms with van der Waals surface area (Å²) >= 11 is 3.29. The van der Waals surface area contributed by atoms with E-state index in [-0.39, 0.29) is 24.3 Å². The Balaban J connectivity index is 1.71. The Morgan fingerprint density at radius 2 is 2.12 bits per heavy atom. The van der Waals surface area contributed by atoms with Gasteiger partial charge in [-0.25, -0.2) is 9.18 Å². The van der Waals surface area contributed by atoms with Gasteiger partial charge >= 0.3 is 6.03 Å². The molecule has 0 unspecified atom stereocenters. The fraction of sp³-hybridized carbons (Fsp3) is 0.222. The van der Waals surface area contributed by atoms with Gasteiger partial charge < -0.3 is 10.6 Å². The molecule has 0 atom stereocenters. The Hall–Kier alpha value is -2.41. The van der Waals surface area contributed by atoms with Gasteiger partial charge in [0.1, 0.15) is 5.82 Å². The standard InChI is InChI=1S/C18H17BrFN3O2/c1-11-8-12(2-5-16(11)23-7-6-21-18(23)25)17(24)22-10-13-9-14(19)3-4-15(13)20/h2-5,8-9H,6-7,10H2,1H3,(H,21,25)(H,22,24). The molecule has 2 aromatic carbocycles. The second-order valence-corrected chi connectivity index (χ2v) is 6.72. The van der Waals surface area contributed by atoms with E-state index in [4.69, 9.17) is 0 Å². The van der Waals surface area contributed by atoms with Gasteiger partial charge in [0.15, 0.2) is 0 Å². The maximum atomic E-state index is 13.7. The van der Waals surface area contributed by atoms with Gasteiger partial charge in [0.2, 0.25) is 0 Å². The highest BCUT2D eigenvalue weighted by Gasteiger charge is 2.23. The van der Waals surface area contributed by atoms with Gasteiger partial charge in [0, 0.05) is 40.9 Å². The molecule has 25 heavy (non-hydrogen) atoms. The van der Waals surface area contributed by atoms with Crippen molar-refractivity contribution in [1.82, 2.24) is 10.6 Å². The summed E-state index contributed by atoms with van der Waals surface area (Å²) in [6.45, 7) is 3.16. The first kappa shape index (κ1) is 17.4. The molecule has 0 spiro atoms. The third kappa shape index (κ3) is 3.82. The minimum absolute atomic E-state index is 0.0967. The number of hydrogen-bond acceptors (Lipinski definition) is 2. The second kappa shape index (κ2) is 7.23. The minimum Gasteiger partial charge on any atom is -0.348 e. The molecule has 0 bridgehead atoms. The summed E-state index contributed by atoms with van der Waals surface area (Å²) in [4.78, 5) is 25.7. The number of halogens is 2. The molecule has 1 heterocycles. The summed E-state index contributed by atoms with van der Waals surface area (Å²) in [5.74, 6) is -0.657. The van der Waals surface area contributed by atoms with Crippen LogP contribution in [0.25, 0.3) is 0 Å². The summed E-state index contributed by atoms with van der Waals surface area (Å²) in [6.07, 6.45) is 0. The SMILES string of the molecule is Cc1cc(C(=O)NCc2cc(Br)ccc2F)ccc1N1CCNC1=O. The van der Waals surface area contributed by atoms with Crippen molar-refractivity contribution in [2.45, 2.75) is 13.5 Å². The van der Waals surface area contributed by atoms with E-state index in [1.165, 1.54) is 6.07 Å². The lowest BCUT2D eigenvalue weighted by molar-refractivity contribution is 0.0950. The molecule has 0 aromatic heterocycles. The highest BCUT2D eigenvalue weighted by atomic mass is 79.9. The topological polar surface area (TPSA) is 61.4 Å². The van der Waals surface area contributed by atoms with Crippen molar-refractivity contribution in [1.29, 1.82) is 0 Å². The molecule has 0 saturated carbocycles. The Morgan fingerprint density at radius 1 is 1.32 bits per heavy atom. The van der Waals surface area contributed by atoms with E-state index in [9.17, 15) is 14.0 Å². The molecule has 0 radical (unpaired) electrons. The number of nitrogens with zero attached hydrogens (tertiary/aromatic N) is 1. The molecule has 1 aliphatic rings. The molecular weight excluding hydrogens is 389 g/mol.